The van der Waals surface area contributed by atoms with Gasteiger partial charge < -0.3 is 14.3 Å². The van der Waals surface area contributed by atoms with Crippen molar-refractivity contribution in [1.29, 1.82) is 0 Å². The van der Waals surface area contributed by atoms with E-state index in [1.807, 2.05) is 6.07 Å². The zero-order chi connectivity index (χ0) is 15.5. The van der Waals surface area contributed by atoms with Crippen molar-refractivity contribution in [2.45, 2.75) is 6.92 Å². The first-order valence-corrected chi connectivity index (χ1v) is 7.07. The fourth-order valence-corrected chi connectivity index (χ4v) is 2.41. The highest BCUT2D eigenvalue weighted by Crippen LogP contribution is 2.20. The van der Waals surface area contributed by atoms with Crippen molar-refractivity contribution in [3.05, 3.63) is 36.3 Å². The smallest absolute Gasteiger partial charge is 0.276 e. The topological polar surface area (TPSA) is 79.5 Å². The molecule has 0 unspecified atom stereocenters. The molecule has 2 aromatic rings. The lowest BCUT2D eigenvalue weighted by Gasteiger charge is -2.33. The molecule has 0 saturated carbocycles. The molecule has 3 rings (SSSR count). The molecule has 0 spiro atoms. The molecule has 2 aromatic heterocycles. The predicted molar refractivity (Wildman–Crippen MR) is 77.9 cm³/mol. The largest absolute Gasteiger partial charge is 0.355 e. The minimum absolute atomic E-state index is 0.0346. The monoisotopic (exact) mass is 300 g/mol. The van der Waals surface area contributed by atoms with Crippen LogP contribution in [-0.4, -0.2) is 57.9 Å². The Bertz CT molecular complexity index is 675. The van der Waals surface area contributed by atoms with Gasteiger partial charge in [-0.25, -0.2) is 0 Å². The van der Waals surface area contributed by atoms with Crippen LogP contribution >= 0.6 is 0 Å². The highest BCUT2D eigenvalue weighted by atomic mass is 16.5. The first kappa shape index (κ1) is 14.2. The van der Waals surface area contributed by atoms with E-state index in [9.17, 15) is 9.59 Å². The Balaban J connectivity index is 1.69. The van der Waals surface area contributed by atoms with Gasteiger partial charge >= 0.3 is 0 Å². The molecule has 0 radical (unpaired) electrons. The van der Waals surface area contributed by atoms with Crippen LogP contribution in [0.15, 0.2) is 35.1 Å². The highest BCUT2D eigenvalue weighted by Gasteiger charge is 2.25. The number of pyridine rings is 1. The molecule has 1 aliphatic rings. The minimum atomic E-state index is -0.179. The molecule has 114 valence electrons. The van der Waals surface area contributed by atoms with Gasteiger partial charge in [-0.15, -0.1) is 0 Å². The standard InChI is InChI=1S/C15H16N4O3/c1-11(20)18-5-7-19(8-6-18)15(21)13-9-14(22-17-13)12-3-2-4-16-10-12/h2-4,9-10H,5-8H2,1H3. The Kier molecular flexibility index (Phi) is 3.86. The summed E-state index contributed by atoms with van der Waals surface area (Å²) >= 11 is 0. The Morgan fingerprint density at radius 2 is 1.91 bits per heavy atom. The second-order valence-corrected chi connectivity index (χ2v) is 5.12. The average molecular weight is 300 g/mol. The number of nitrogens with zero attached hydrogens (tertiary/aromatic N) is 4. The number of piperazine rings is 1. The summed E-state index contributed by atoms with van der Waals surface area (Å²) in [6.07, 6.45) is 3.32. The zero-order valence-electron chi connectivity index (χ0n) is 12.2. The number of amides is 2. The maximum absolute atomic E-state index is 12.4. The van der Waals surface area contributed by atoms with Crippen molar-refractivity contribution in [3.8, 4) is 11.3 Å². The molecule has 0 atom stereocenters. The van der Waals surface area contributed by atoms with Gasteiger partial charge in [0.05, 0.1) is 0 Å². The molecule has 0 aromatic carbocycles. The van der Waals surface area contributed by atoms with Crippen molar-refractivity contribution in [3.63, 3.8) is 0 Å². The molecule has 3 heterocycles. The number of carbonyl (C=O) groups is 2. The maximum atomic E-state index is 12.4. The molecule has 1 fully saturated rings. The Hall–Kier alpha value is -2.70. The molecule has 0 N–H and O–H groups in total. The summed E-state index contributed by atoms with van der Waals surface area (Å²) < 4.78 is 5.22. The third kappa shape index (κ3) is 2.83. The van der Waals surface area contributed by atoms with Crippen LogP contribution in [0.2, 0.25) is 0 Å². The number of hydrogen-bond donors (Lipinski definition) is 0. The second kappa shape index (κ2) is 5.97. The van der Waals surface area contributed by atoms with E-state index in [0.717, 1.165) is 5.56 Å². The predicted octanol–water partition coefficient (Wildman–Crippen LogP) is 1.04. The molecule has 0 bridgehead atoms. The summed E-state index contributed by atoms with van der Waals surface area (Å²) in [5.41, 5.74) is 1.05. The maximum Gasteiger partial charge on any atom is 0.276 e. The second-order valence-electron chi connectivity index (χ2n) is 5.12. The van der Waals surface area contributed by atoms with E-state index >= 15 is 0 Å². The van der Waals surface area contributed by atoms with E-state index in [2.05, 4.69) is 10.1 Å². The molecule has 1 aliphatic heterocycles. The van der Waals surface area contributed by atoms with E-state index in [4.69, 9.17) is 4.52 Å². The van der Waals surface area contributed by atoms with Gasteiger partial charge in [-0.05, 0) is 12.1 Å². The van der Waals surface area contributed by atoms with Crippen LogP contribution in [0.5, 0.6) is 0 Å². The van der Waals surface area contributed by atoms with Gasteiger partial charge in [-0.1, -0.05) is 5.16 Å². The van der Waals surface area contributed by atoms with E-state index < -0.39 is 0 Å². The number of aromatic nitrogens is 2. The Morgan fingerprint density at radius 3 is 2.55 bits per heavy atom. The van der Waals surface area contributed by atoms with Crippen LogP contribution < -0.4 is 0 Å². The number of hydrogen-bond acceptors (Lipinski definition) is 5. The van der Waals surface area contributed by atoms with Crippen molar-refractivity contribution in [2.24, 2.45) is 0 Å². The third-order valence-corrected chi connectivity index (χ3v) is 3.69. The lowest BCUT2D eigenvalue weighted by atomic mass is 10.2. The van der Waals surface area contributed by atoms with Crippen LogP contribution in [0.4, 0.5) is 0 Å². The Morgan fingerprint density at radius 1 is 1.18 bits per heavy atom. The lowest BCUT2D eigenvalue weighted by molar-refractivity contribution is -0.130. The zero-order valence-corrected chi connectivity index (χ0v) is 12.2. The van der Waals surface area contributed by atoms with E-state index in [-0.39, 0.29) is 17.5 Å². The highest BCUT2D eigenvalue weighted by molar-refractivity contribution is 5.93. The van der Waals surface area contributed by atoms with Gasteiger partial charge in [0.25, 0.3) is 5.91 Å². The SMILES string of the molecule is CC(=O)N1CCN(C(=O)c2cc(-c3cccnc3)on2)CC1. The normalized spacial score (nSPS) is 15.0. The number of carbonyl (C=O) groups excluding carboxylic acids is 2. The molecule has 7 nitrogen and oxygen atoms in total. The summed E-state index contributed by atoms with van der Waals surface area (Å²) in [6.45, 7) is 3.65. The van der Waals surface area contributed by atoms with Gasteiger partial charge in [0.15, 0.2) is 11.5 Å². The van der Waals surface area contributed by atoms with Crippen molar-refractivity contribution >= 4 is 11.8 Å². The molecule has 1 saturated heterocycles. The minimum Gasteiger partial charge on any atom is -0.355 e. The summed E-state index contributed by atoms with van der Waals surface area (Å²) in [5.74, 6) is 0.369. The average Bonchev–Trinajstić information content (AvgIpc) is 3.05. The molecule has 0 aliphatic carbocycles. The number of rotatable bonds is 2. The van der Waals surface area contributed by atoms with Crippen LogP contribution in [0.3, 0.4) is 0 Å². The fourth-order valence-electron chi connectivity index (χ4n) is 2.41. The van der Waals surface area contributed by atoms with Gasteiger partial charge in [-0.3, -0.25) is 14.6 Å². The quantitative estimate of drug-likeness (QED) is 0.828. The van der Waals surface area contributed by atoms with Crippen LogP contribution in [-0.2, 0) is 4.79 Å². The summed E-state index contributed by atoms with van der Waals surface area (Å²) in [7, 11) is 0. The fraction of sp³-hybridized carbons (Fsp3) is 0.333. The van der Waals surface area contributed by atoms with Crippen molar-refractivity contribution in [2.75, 3.05) is 26.2 Å². The van der Waals surface area contributed by atoms with Crippen LogP contribution in [0.25, 0.3) is 11.3 Å². The summed E-state index contributed by atoms with van der Waals surface area (Å²) in [6, 6.07) is 5.25. The van der Waals surface area contributed by atoms with Crippen molar-refractivity contribution < 1.29 is 14.1 Å². The molecular weight excluding hydrogens is 284 g/mol. The van der Waals surface area contributed by atoms with Crippen LogP contribution in [0, 0.1) is 0 Å². The molecular formula is C15H16N4O3. The van der Waals surface area contributed by atoms with E-state index in [1.54, 1.807) is 34.3 Å². The van der Waals surface area contributed by atoms with E-state index in [1.165, 1.54) is 6.92 Å². The van der Waals surface area contributed by atoms with E-state index in [0.29, 0.717) is 31.9 Å². The first-order valence-electron chi connectivity index (χ1n) is 7.07. The van der Waals surface area contributed by atoms with Gasteiger partial charge in [0, 0.05) is 57.1 Å². The van der Waals surface area contributed by atoms with Crippen molar-refractivity contribution in [1.82, 2.24) is 19.9 Å². The molecule has 7 heteroatoms. The Labute approximate surface area is 127 Å². The van der Waals surface area contributed by atoms with Gasteiger partial charge in [-0.2, -0.15) is 0 Å². The van der Waals surface area contributed by atoms with Gasteiger partial charge in [0.2, 0.25) is 5.91 Å². The molecule has 2 amide bonds. The third-order valence-electron chi connectivity index (χ3n) is 3.69. The van der Waals surface area contributed by atoms with Crippen LogP contribution in [0.1, 0.15) is 17.4 Å². The lowest BCUT2D eigenvalue weighted by Crippen LogP contribution is -2.50. The summed E-state index contributed by atoms with van der Waals surface area (Å²) in [4.78, 5) is 31.1. The van der Waals surface area contributed by atoms with Gasteiger partial charge in [0.1, 0.15) is 0 Å². The molecule has 22 heavy (non-hydrogen) atoms. The summed E-state index contributed by atoms with van der Waals surface area (Å²) in [5, 5.41) is 3.85. The first-order chi connectivity index (χ1) is 10.6.